The Kier molecular flexibility index (Phi) is 8.49. The number of halogens is 1. The third-order valence-electron chi connectivity index (χ3n) is 6.32. The molecule has 0 bridgehead atoms. The zero-order valence-corrected chi connectivity index (χ0v) is 19.7. The Morgan fingerprint density at radius 3 is 2.30 bits per heavy atom. The van der Waals surface area contributed by atoms with Gasteiger partial charge in [-0.15, -0.1) is 0 Å². The highest BCUT2D eigenvalue weighted by Gasteiger charge is 2.41. The van der Waals surface area contributed by atoms with Gasteiger partial charge >= 0.3 is 0 Å². The molecule has 1 aliphatic rings. The van der Waals surface area contributed by atoms with E-state index in [0.29, 0.717) is 19.8 Å². The van der Waals surface area contributed by atoms with Crippen molar-refractivity contribution in [2.75, 3.05) is 32.8 Å². The fourth-order valence-electron chi connectivity index (χ4n) is 4.47. The highest BCUT2D eigenvalue weighted by atomic mass is 79.9. The van der Waals surface area contributed by atoms with Crippen LogP contribution in [0.4, 0.5) is 0 Å². The van der Waals surface area contributed by atoms with Crippen molar-refractivity contribution in [3.8, 4) is 0 Å². The number of hydrogen-bond donors (Lipinski definition) is 1. The fourth-order valence-corrected chi connectivity index (χ4v) is 4.74. The molecule has 1 aliphatic heterocycles. The van der Waals surface area contributed by atoms with Crippen molar-refractivity contribution in [3.05, 3.63) is 70.2 Å². The quantitative estimate of drug-likeness (QED) is 0.581. The number of likely N-dealkylation sites (N-methyl/N-ethyl adjacent to an activating group) is 1. The first-order valence-corrected chi connectivity index (χ1v) is 11.8. The molecule has 0 aromatic heterocycles. The van der Waals surface area contributed by atoms with Crippen molar-refractivity contribution < 1.29 is 9.53 Å². The van der Waals surface area contributed by atoms with Crippen LogP contribution >= 0.6 is 15.9 Å². The van der Waals surface area contributed by atoms with E-state index in [-0.39, 0.29) is 11.9 Å². The highest BCUT2D eigenvalue weighted by Crippen LogP contribution is 2.35. The molecule has 162 valence electrons. The molecule has 0 aliphatic carbocycles. The summed E-state index contributed by atoms with van der Waals surface area (Å²) in [7, 11) is 0. The van der Waals surface area contributed by atoms with Gasteiger partial charge in [-0.1, -0.05) is 72.2 Å². The average Bonchev–Trinajstić information content (AvgIpc) is 2.79. The first-order chi connectivity index (χ1) is 14.6. The molecule has 1 amide bonds. The molecule has 0 saturated carbocycles. The van der Waals surface area contributed by atoms with E-state index in [1.165, 1.54) is 5.56 Å². The summed E-state index contributed by atoms with van der Waals surface area (Å²) < 4.78 is 6.63. The number of benzene rings is 2. The molecule has 1 atom stereocenters. The molecule has 3 rings (SSSR count). The Hall–Kier alpha value is -1.69. The summed E-state index contributed by atoms with van der Waals surface area (Å²) in [5.74, 6) is 0.123. The number of amides is 1. The van der Waals surface area contributed by atoms with Crippen LogP contribution < -0.4 is 5.32 Å². The minimum Gasteiger partial charge on any atom is -0.381 e. The van der Waals surface area contributed by atoms with Crippen LogP contribution in [0.15, 0.2) is 59.1 Å². The monoisotopic (exact) mass is 472 g/mol. The van der Waals surface area contributed by atoms with E-state index >= 15 is 0 Å². The molecular weight excluding hydrogens is 440 g/mol. The SMILES string of the molecule is CCN(CC)C(CNC(=O)C1(c2ccc(Br)cc2)CCOCC1)Cc1ccccc1. The summed E-state index contributed by atoms with van der Waals surface area (Å²) in [6, 6.07) is 19.0. The number of carbonyl (C=O) groups excluding carboxylic acids is 1. The minimum absolute atomic E-state index is 0.123. The van der Waals surface area contributed by atoms with E-state index in [0.717, 1.165) is 42.4 Å². The van der Waals surface area contributed by atoms with Gasteiger partial charge in [0.15, 0.2) is 0 Å². The van der Waals surface area contributed by atoms with E-state index in [1.54, 1.807) is 0 Å². The third-order valence-corrected chi connectivity index (χ3v) is 6.85. The highest BCUT2D eigenvalue weighted by molar-refractivity contribution is 9.10. The number of rotatable bonds is 9. The number of nitrogens with zero attached hydrogens (tertiary/aromatic N) is 1. The smallest absolute Gasteiger partial charge is 0.230 e. The van der Waals surface area contributed by atoms with Crippen LogP contribution in [0.2, 0.25) is 0 Å². The van der Waals surface area contributed by atoms with E-state index in [4.69, 9.17) is 4.74 Å². The van der Waals surface area contributed by atoms with Gasteiger partial charge in [0.25, 0.3) is 0 Å². The molecule has 1 heterocycles. The van der Waals surface area contributed by atoms with E-state index < -0.39 is 5.41 Å². The third kappa shape index (κ3) is 5.51. The predicted molar refractivity (Wildman–Crippen MR) is 126 cm³/mol. The number of carbonyl (C=O) groups is 1. The van der Waals surface area contributed by atoms with Crippen LogP contribution in [0, 0.1) is 0 Å². The van der Waals surface area contributed by atoms with Crippen LogP contribution in [0.3, 0.4) is 0 Å². The number of ether oxygens (including phenoxy) is 1. The van der Waals surface area contributed by atoms with Gasteiger partial charge in [-0.25, -0.2) is 0 Å². The molecule has 2 aromatic carbocycles. The summed E-state index contributed by atoms with van der Waals surface area (Å²) in [5, 5.41) is 3.33. The molecule has 1 saturated heterocycles. The summed E-state index contributed by atoms with van der Waals surface area (Å²) in [5.41, 5.74) is 1.87. The summed E-state index contributed by atoms with van der Waals surface area (Å²) in [4.78, 5) is 16.0. The minimum atomic E-state index is -0.514. The molecule has 4 nitrogen and oxygen atoms in total. The summed E-state index contributed by atoms with van der Waals surface area (Å²) in [6.45, 7) is 8.19. The van der Waals surface area contributed by atoms with Crippen molar-refractivity contribution in [2.45, 2.75) is 44.6 Å². The first-order valence-electron chi connectivity index (χ1n) is 11.0. The van der Waals surface area contributed by atoms with Crippen molar-refractivity contribution in [1.82, 2.24) is 10.2 Å². The molecule has 30 heavy (non-hydrogen) atoms. The van der Waals surface area contributed by atoms with E-state index in [9.17, 15) is 4.79 Å². The zero-order valence-electron chi connectivity index (χ0n) is 18.1. The Morgan fingerprint density at radius 1 is 1.07 bits per heavy atom. The van der Waals surface area contributed by atoms with Crippen molar-refractivity contribution >= 4 is 21.8 Å². The largest absolute Gasteiger partial charge is 0.381 e. The second-order valence-corrected chi connectivity index (χ2v) is 8.89. The topological polar surface area (TPSA) is 41.6 Å². The maximum absolute atomic E-state index is 13.6. The second kappa shape index (κ2) is 11.1. The standard InChI is InChI=1S/C25H33BrN2O2/c1-3-28(4-2)23(18-20-8-6-5-7-9-20)19-27-24(29)25(14-16-30-17-15-25)21-10-12-22(26)13-11-21/h5-13,23H,3-4,14-19H2,1-2H3,(H,27,29). The molecule has 0 radical (unpaired) electrons. The second-order valence-electron chi connectivity index (χ2n) is 7.98. The molecule has 1 unspecified atom stereocenters. The lowest BCUT2D eigenvalue weighted by Crippen LogP contribution is -2.52. The lowest BCUT2D eigenvalue weighted by Gasteiger charge is -2.37. The number of hydrogen-bond acceptors (Lipinski definition) is 3. The summed E-state index contributed by atoms with van der Waals surface area (Å²) in [6.07, 6.45) is 2.36. The molecule has 1 N–H and O–H groups in total. The zero-order chi connectivity index (χ0) is 21.4. The Morgan fingerprint density at radius 2 is 1.70 bits per heavy atom. The van der Waals surface area contributed by atoms with Crippen molar-refractivity contribution in [1.29, 1.82) is 0 Å². The maximum Gasteiger partial charge on any atom is 0.230 e. The Labute approximate surface area is 189 Å². The molecular formula is C25H33BrN2O2. The predicted octanol–water partition coefficient (Wildman–Crippen LogP) is 4.57. The van der Waals surface area contributed by atoms with Crippen molar-refractivity contribution in [3.63, 3.8) is 0 Å². The maximum atomic E-state index is 13.6. The summed E-state index contributed by atoms with van der Waals surface area (Å²) >= 11 is 3.51. The van der Waals surface area contributed by atoms with Gasteiger partial charge in [0.05, 0.1) is 5.41 Å². The Bertz CT molecular complexity index is 785. The van der Waals surface area contributed by atoms with Crippen LogP contribution in [-0.2, 0) is 21.4 Å². The lowest BCUT2D eigenvalue weighted by molar-refractivity contribution is -0.130. The van der Waals surface area contributed by atoms with E-state index in [1.807, 2.05) is 18.2 Å². The number of nitrogens with one attached hydrogen (secondary N) is 1. The molecule has 1 fully saturated rings. The van der Waals surface area contributed by atoms with Gasteiger partial charge in [0.1, 0.15) is 0 Å². The van der Waals surface area contributed by atoms with Gasteiger partial charge in [-0.2, -0.15) is 0 Å². The lowest BCUT2D eigenvalue weighted by atomic mass is 9.73. The van der Waals surface area contributed by atoms with Gasteiger partial charge in [-0.05, 0) is 55.6 Å². The van der Waals surface area contributed by atoms with Crippen LogP contribution in [0.25, 0.3) is 0 Å². The van der Waals surface area contributed by atoms with Crippen LogP contribution in [-0.4, -0.2) is 49.7 Å². The molecule has 2 aromatic rings. The van der Waals surface area contributed by atoms with Gasteiger partial charge < -0.3 is 10.1 Å². The van der Waals surface area contributed by atoms with Crippen molar-refractivity contribution in [2.24, 2.45) is 0 Å². The van der Waals surface area contributed by atoms with E-state index in [2.05, 4.69) is 76.4 Å². The van der Waals surface area contributed by atoms with Gasteiger partial charge in [-0.3, -0.25) is 9.69 Å². The normalized spacial score (nSPS) is 16.9. The average molecular weight is 473 g/mol. The van der Waals surface area contributed by atoms with Gasteiger partial charge in [0, 0.05) is 30.3 Å². The fraction of sp³-hybridized carbons (Fsp3) is 0.480. The van der Waals surface area contributed by atoms with Crippen LogP contribution in [0.5, 0.6) is 0 Å². The molecule has 0 spiro atoms. The van der Waals surface area contributed by atoms with Gasteiger partial charge in [0.2, 0.25) is 5.91 Å². The first kappa shape index (κ1) is 23.0. The molecule has 5 heteroatoms. The van der Waals surface area contributed by atoms with Crippen LogP contribution in [0.1, 0.15) is 37.8 Å². The Balaban J connectivity index is 1.76.